The molecule has 0 aromatic heterocycles. The quantitative estimate of drug-likeness (QED) is 0.445. The van der Waals surface area contributed by atoms with Crippen LogP contribution in [0.15, 0.2) is 5.10 Å². The second-order valence-corrected chi connectivity index (χ2v) is 2.52. The van der Waals surface area contributed by atoms with E-state index >= 15 is 0 Å². The largest absolute Gasteiger partial charge is 0.461 e. The zero-order chi connectivity index (χ0) is 10.7. The van der Waals surface area contributed by atoms with Gasteiger partial charge in [0.05, 0.1) is 6.61 Å². The lowest BCUT2D eigenvalue weighted by Crippen LogP contribution is -2.30. The molecular formula is C8H10N2O4. The molecule has 0 aromatic carbocycles. The summed E-state index contributed by atoms with van der Waals surface area (Å²) in [5, 5.41) is 4.50. The lowest BCUT2D eigenvalue weighted by atomic mass is 10.2. The summed E-state index contributed by atoms with van der Waals surface area (Å²) in [5.74, 6) is -2.53. The molecule has 0 aliphatic carbocycles. The number of ketones is 1. The van der Waals surface area contributed by atoms with Gasteiger partial charge in [0.2, 0.25) is 5.71 Å². The highest BCUT2D eigenvalue weighted by Crippen LogP contribution is 2.05. The first-order valence-corrected chi connectivity index (χ1v) is 4.23. The maximum atomic E-state index is 11.2. The summed E-state index contributed by atoms with van der Waals surface area (Å²) in [7, 11) is 0. The van der Waals surface area contributed by atoms with E-state index in [-0.39, 0.29) is 13.2 Å². The summed E-state index contributed by atoms with van der Waals surface area (Å²) in [6, 6.07) is 0. The molecular weight excluding hydrogens is 188 g/mol. The Morgan fingerprint density at radius 1 is 1.43 bits per heavy atom. The van der Waals surface area contributed by atoms with Crippen molar-refractivity contribution in [3.8, 4) is 0 Å². The molecule has 0 aromatic rings. The molecule has 1 rings (SSSR count). The van der Waals surface area contributed by atoms with Crippen LogP contribution in [-0.4, -0.2) is 41.5 Å². The van der Waals surface area contributed by atoms with Crippen molar-refractivity contribution in [2.24, 2.45) is 5.10 Å². The van der Waals surface area contributed by atoms with Gasteiger partial charge in [0.1, 0.15) is 0 Å². The zero-order valence-corrected chi connectivity index (χ0v) is 7.94. The van der Waals surface area contributed by atoms with E-state index in [1.165, 1.54) is 0 Å². The minimum absolute atomic E-state index is 0.144. The van der Waals surface area contributed by atoms with Crippen molar-refractivity contribution < 1.29 is 19.1 Å². The number of rotatable bonds is 3. The Morgan fingerprint density at radius 2 is 2.07 bits per heavy atom. The van der Waals surface area contributed by atoms with Crippen LogP contribution in [0.2, 0.25) is 0 Å². The molecule has 1 aliphatic rings. The van der Waals surface area contributed by atoms with E-state index in [4.69, 9.17) is 0 Å². The summed E-state index contributed by atoms with van der Waals surface area (Å²) >= 11 is 0. The summed E-state index contributed by atoms with van der Waals surface area (Å²) in [5.41, 5.74) is -0.432. The highest BCUT2D eigenvalue weighted by Gasteiger charge is 2.37. The molecule has 0 saturated carbocycles. The van der Waals surface area contributed by atoms with E-state index in [2.05, 4.69) is 9.84 Å². The number of nitrogens with zero attached hydrogens (tertiary/aromatic N) is 2. The van der Waals surface area contributed by atoms with Gasteiger partial charge in [-0.2, -0.15) is 5.10 Å². The van der Waals surface area contributed by atoms with E-state index in [1.54, 1.807) is 13.8 Å². The first-order chi connectivity index (χ1) is 6.61. The molecule has 0 radical (unpaired) electrons. The minimum atomic E-state index is -0.898. The van der Waals surface area contributed by atoms with Crippen molar-refractivity contribution in [3.05, 3.63) is 0 Å². The van der Waals surface area contributed by atoms with E-state index < -0.39 is 23.4 Å². The van der Waals surface area contributed by atoms with Crippen LogP contribution < -0.4 is 0 Å². The van der Waals surface area contributed by atoms with Gasteiger partial charge in [-0.1, -0.05) is 0 Å². The van der Waals surface area contributed by atoms with Gasteiger partial charge in [-0.25, -0.2) is 9.80 Å². The number of hydrogen-bond acceptors (Lipinski definition) is 5. The monoisotopic (exact) mass is 198 g/mol. The Morgan fingerprint density at radius 3 is 2.50 bits per heavy atom. The third-order valence-corrected chi connectivity index (χ3v) is 1.63. The molecule has 1 amide bonds. The topological polar surface area (TPSA) is 76.0 Å². The number of esters is 1. The molecule has 0 atom stereocenters. The highest BCUT2D eigenvalue weighted by atomic mass is 16.5. The molecule has 1 heterocycles. The molecule has 6 nitrogen and oxygen atoms in total. The van der Waals surface area contributed by atoms with Gasteiger partial charge in [-0.15, -0.1) is 0 Å². The van der Waals surface area contributed by atoms with Gasteiger partial charge in [-0.05, 0) is 13.8 Å². The zero-order valence-electron chi connectivity index (χ0n) is 7.94. The maximum Gasteiger partial charge on any atom is 0.363 e. The number of likely N-dealkylation sites (N-methyl/N-ethyl adjacent to an activating group) is 1. The van der Waals surface area contributed by atoms with Gasteiger partial charge in [0.25, 0.3) is 5.78 Å². The van der Waals surface area contributed by atoms with E-state index in [0.29, 0.717) is 0 Å². The molecule has 0 bridgehead atoms. The third kappa shape index (κ3) is 1.63. The SMILES string of the molecule is CCOC(=O)C1=NN(CC)C(=O)C1=O. The molecule has 1 aliphatic heterocycles. The predicted molar refractivity (Wildman–Crippen MR) is 46.5 cm³/mol. The van der Waals surface area contributed by atoms with Gasteiger partial charge < -0.3 is 4.74 Å². The summed E-state index contributed by atoms with van der Waals surface area (Å²) in [6.45, 7) is 3.67. The number of carbonyl (C=O) groups excluding carboxylic acids is 3. The average molecular weight is 198 g/mol. The molecule has 0 saturated heterocycles. The Bertz CT molecular complexity index is 321. The first-order valence-electron chi connectivity index (χ1n) is 4.23. The fourth-order valence-electron chi connectivity index (χ4n) is 0.977. The second-order valence-electron chi connectivity index (χ2n) is 2.52. The number of Topliss-reactive ketones (excluding diaryl/α,β-unsaturated/α-hetero) is 1. The van der Waals surface area contributed by atoms with Crippen molar-refractivity contribution in [2.45, 2.75) is 13.8 Å². The van der Waals surface area contributed by atoms with Crippen LogP contribution in [0.5, 0.6) is 0 Å². The average Bonchev–Trinajstić information content (AvgIpc) is 2.44. The van der Waals surface area contributed by atoms with E-state index in [1.807, 2.05) is 0 Å². The van der Waals surface area contributed by atoms with Crippen LogP contribution in [-0.2, 0) is 19.1 Å². The van der Waals surface area contributed by atoms with Gasteiger partial charge in [-0.3, -0.25) is 9.59 Å². The van der Waals surface area contributed by atoms with Gasteiger partial charge in [0, 0.05) is 6.54 Å². The maximum absolute atomic E-state index is 11.2. The fraction of sp³-hybridized carbons (Fsp3) is 0.500. The summed E-state index contributed by atoms with van der Waals surface area (Å²) in [4.78, 5) is 33.4. The molecule has 14 heavy (non-hydrogen) atoms. The molecule has 0 spiro atoms. The normalized spacial score (nSPS) is 15.9. The smallest absolute Gasteiger partial charge is 0.363 e. The lowest BCUT2D eigenvalue weighted by Gasteiger charge is -2.04. The predicted octanol–water partition coefficient (Wildman–Crippen LogP) is -0.663. The van der Waals surface area contributed by atoms with Crippen LogP contribution in [0.25, 0.3) is 0 Å². The fourth-order valence-corrected chi connectivity index (χ4v) is 0.977. The van der Waals surface area contributed by atoms with Crippen molar-refractivity contribution >= 4 is 23.4 Å². The van der Waals surface area contributed by atoms with E-state index in [0.717, 1.165) is 5.01 Å². The number of amides is 1. The molecule has 0 unspecified atom stereocenters. The number of ether oxygens (including phenoxy) is 1. The Kier molecular flexibility index (Phi) is 2.95. The second kappa shape index (κ2) is 3.99. The van der Waals surface area contributed by atoms with E-state index in [9.17, 15) is 14.4 Å². The lowest BCUT2D eigenvalue weighted by molar-refractivity contribution is -0.141. The Balaban J connectivity index is 2.85. The van der Waals surface area contributed by atoms with Crippen LogP contribution in [0.3, 0.4) is 0 Å². The van der Waals surface area contributed by atoms with Gasteiger partial charge >= 0.3 is 11.9 Å². The number of hydrogen-bond donors (Lipinski definition) is 0. The third-order valence-electron chi connectivity index (χ3n) is 1.63. The van der Waals surface area contributed by atoms with Crippen LogP contribution in [0.1, 0.15) is 13.8 Å². The minimum Gasteiger partial charge on any atom is -0.461 e. The van der Waals surface area contributed by atoms with Crippen molar-refractivity contribution in [1.29, 1.82) is 0 Å². The number of hydrazone groups is 1. The van der Waals surface area contributed by atoms with Gasteiger partial charge in [0.15, 0.2) is 0 Å². The first kappa shape index (κ1) is 10.4. The van der Waals surface area contributed by atoms with Crippen molar-refractivity contribution in [1.82, 2.24) is 5.01 Å². The number of carbonyl (C=O) groups is 3. The molecule has 6 heteroatoms. The Hall–Kier alpha value is -1.72. The molecule has 76 valence electrons. The molecule has 0 N–H and O–H groups in total. The highest BCUT2D eigenvalue weighted by molar-refractivity contribution is 6.80. The van der Waals surface area contributed by atoms with Crippen molar-refractivity contribution in [2.75, 3.05) is 13.2 Å². The standard InChI is InChI=1S/C8H10N2O4/c1-3-10-7(12)6(11)5(9-10)8(13)14-4-2/h3-4H2,1-2H3. The Labute approximate surface area is 80.5 Å². The van der Waals surface area contributed by atoms with Crippen LogP contribution >= 0.6 is 0 Å². The van der Waals surface area contributed by atoms with Crippen molar-refractivity contribution in [3.63, 3.8) is 0 Å². The van der Waals surface area contributed by atoms with Crippen LogP contribution in [0.4, 0.5) is 0 Å². The summed E-state index contributed by atoms with van der Waals surface area (Å²) in [6.07, 6.45) is 0. The molecule has 0 fully saturated rings. The van der Waals surface area contributed by atoms with Crippen LogP contribution in [0, 0.1) is 0 Å². The summed E-state index contributed by atoms with van der Waals surface area (Å²) < 4.78 is 4.57.